The van der Waals surface area contributed by atoms with Gasteiger partial charge < -0.3 is 14.6 Å². The number of benzene rings is 1. The van der Waals surface area contributed by atoms with Crippen molar-refractivity contribution in [2.45, 2.75) is 25.3 Å². The fraction of sp³-hybridized carbons (Fsp3) is 0.500. The van der Waals surface area contributed by atoms with E-state index in [-0.39, 0.29) is 42.0 Å². The lowest BCUT2D eigenvalue weighted by Crippen LogP contribution is -2.49. The average Bonchev–Trinajstić information content (AvgIpc) is 3.37. The normalized spacial score (nSPS) is 19.3. The molecular weight excluding hydrogens is 437 g/mol. The van der Waals surface area contributed by atoms with E-state index >= 15 is 0 Å². The summed E-state index contributed by atoms with van der Waals surface area (Å²) in [4.78, 5) is 21.0. The van der Waals surface area contributed by atoms with Crippen LogP contribution in [-0.2, 0) is 11.2 Å². The van der Waals surface area contributed by atoms with Crippen LogP contribution in [0.2, 0.25) is 0 Å². The molecule has 6 nitrogen and oxygen atoms in total. The second-order valence-corrected chi connectivity index (χ2v) is 7.31. The maximum absolute atomic E-state index is 13.9. The quantitative estimate of drug-likeness (QED) is 0.739. The van der Waals surface area contributed by atoms with Gasteiger partial charge in [-0.05, 0) is 18.6 Å². The van der Waals surface area contributed by atoms with E-state index in [1.807, 2.05) is 4.90 Å². The Labute approximate surface area is 186 Å². The molecule has 2 fully saturated rings. The Bertz CT molecular complexity index is 846. The van der Waals surface area contributed by atoms with Crippen molar-refractivity contribution in [1.29, 1.82) is 0 Å². The van der Waals surface area contributed by atoms with Gasteiger partial charge in [0.2, 0.25) is 5.91 Å². The van der Waals surface area contributed by atoms with Gasteiger partial charge in [0, 0.05) is 64.2 Å². The Morgan fingerprint density at radius 2 is 1.97 bits per heavy atom. The highest BCUT2D eigenvalue weighted by molar-refractivity contribution is 5.85. The fourth-order valence-corrected chi connectivity index (χ4v) is 3.93. The zero-order valence-corrected chi connectivity index (χ0v) is 18.1. The second kappa shape index (κ2) is 11.0. The van der Waals surface area contributed by atoms with Gasteiger partial charge in [0.05, 0.1) is 11.8 Å². The number of likely N-dealkylation sites (tertiary alicyclic amines) is 1. The lowest BCUT2D eigenvalue weighted by Gasteiger charge is -2.32. The molecule has 1 atom stereocenters. The summed E-state index contributed by atoms with van der Waals surface area (Å²) in [5, 5.41) is 3.35. The van der Waals surface area contributed by atoms with Crippen LogP contribution in [-0.4, -0.2) is 66.0 Å². The van der Waals surface area contributed by atoms with Crippen LogP contribution in [0.5, 0.6) is 0 Å². The van der Waals surface area contributed by atoms with Crippen LogP contribution < -0.4 is 5.32 Å². The van der Waals surface area contributed by atoms with Crippen molar-refractivity contribution >= 4 is 30.7 Å². The number of rotatable bonds is 5. The summed E-state index contributed by atoms with van der Waals surface area (Å²) in [6.07, 6.45) is 3.09. The van der Waals surface area contributed by atoms with Crippen molar-refractivity contribution in [3.8, 4) is 11.3 Å². The van der Waals surface area contributed by atoms with Crippen LogP contribution in [0, 0.1) is 11.6 Å². The molecule has 30 heavy (non-hydrogen) atoms. The molecule has 0 radical (unpaired) electrons. The highest BCUT2D eigenvalue weighted by Gasteiger charge is 2.30. The average molecular weight is 463 g/mol. The van der Waals surface area contributed by atoms with E-state index in [2.05, 4.69) is 15.2 Å². The number of carbonyl (C=O) groups is 1. The number of hydrogen-bond donors (Lipinski definition) is 1. The molecule has 1 N–H and O–H groups in total. The molecule has 0 aliphatic carbocycles. The summed E-state index contributed by atoms with van der Waals surface area (Å²) in [7, 11) is 0. The number of nitrogens with one attached hydrogen (secondary N) is 1. The number of piperazine rings is 1. The van der Waals surface area contributed by atoms with Crippen LogP contribution in [0.4, 0.5) is 8.78 Å². The molecule has 0 saturated carbocycles. The van der Waals surface area contributed by atoms with Crippen molar-refractivity contribution in [2.75, 3.05) is 39.3 Å². The van der Waals surface area contributed by atoms with Crippen LogP contribution in [0.25, 0.3) is 11.3 Å². The zero-order chi connectivity index (χ0) is 19.5. The molecule has 1 aromatic heterocycles. The highest BCUT2D eigenvalue weighted by atomic mass is 35.5. The van der Waals surface area contributed by atoms with Crippen LogP contribution >= 0.6 is 24.8 Å². The molecule has 2 aliphatic heterocycles. The van der Waals surface area contributed by atoms with Crippen LogP contribution in [0.3, 0.4) is 0 Å². The first-order chi connectivity index (χ1) is 13.6. The smallest absolute Gasteiger partial charge is 0.223 e. The number of carbonyl (C=O) groups excluding carboxylic acids is 1. The van der Waals surface area contributed by atoms with Gasteiger partial charge >= 0.3 is 0 Å². The number of aryl methyl sites for hydroxylation is 1. The molecule has 3 heterocycles. The van der Waals surface area contributed by atoms with Gasteiger partial charge in [-0.25, -0.2) is 13.8 Å². The third kappa shape index (κ3) is 5.69. The first kappa shape index (κ1) is 24.5. The van der Waals surface area contributed by atoms with Crippen molar-refractivity contribution in [3.63, 3.8) is 0 Å². The molecule has 1 unspecified atom stereocenters. The molecule has 0 bridgehead atoms. The minimum atomic E-state index is -0.699. The van der Waals surface area contributed by atoms with Crippen molar-refractivity contribution in [1.82, 2.24) is 20.1 Å². The van der Waals surface area contributed by atoms with E-state index < -0.39 is 11.6 Å². The number of amides is 1. The summed E-state index contributed by atoms with van der Waals surface area (Å²) in [6, 6.07) is 3.75. The monoisotopic (exact) mass is 462 g/mol. The molecule has 2 saturated heterocycles. The first-order valence-corrected chi connectivity index (χ1v) is 9.73. The van der Waals surface area contributed by atoms with Gasteiger partial charge in [0.25, 0.3) is 0 Å². The molecule has 4 rings (SSSR count). The SMILES string of the molecule is Cl.Cl.O=C(CCc1ncc(-c2ccc(F)cc2F)o1)N1CCC(N2CCNCC2)C1. The fourth-order valence-electron chi connectivity index (χ4n) is 3.93. The van der Waals surface area contributed by atoms with E-state index in [0.29, 0.717) is 24.8 Å². The number of aromatic nitrogens is 1. The molecule has 1 aromatic carbocycles. The van der Waals surface area contributed by atoms with E-state index in [9.17, 15) is 13.6 Å². The van der Waals surface area contributed by atoms with Gasteiger partial charge in [-0.1, -0.05) is 0 Å². The van der Waals surface area contributed by atoms with Crippen LogP contribution in [0.15, 0.2) is 28.8 Å². The van der Waals surface area contributed by atoms with Crippen LogP contribution in [0.1, 0.15) is 18.7 Å². The minimum absolute atomic E-state index is 0. The molecule has 2 aromatic rings. The van der Waals surface area contributed by atoms with Crippen molar-refractivity contribution in [3.05, 3.63) is 41.9 Å². The maximum atomic E-state index is 13.9. The predicted molar refractivity (Wildman–Crippen MR) is 114 cm³/mol. The third-order valence-electron chi connectivity index (χ3n) is 5.49. The Balaban J connectivity index is 0.00000160. The Morgan fingerprint density at radius 3 is 2.70 bits per heavy atom. The summed E-state index contributed by atoms with van der Waals surface area (Å²) < 4.78 is 32.5. The Kier molecular flexibility index (Phi) is 9.03. The van der Waals surface area contributed by atoms with E-state index in [1.54, 1.807) is 0 Å². The van der Waals surface area contributed by atoms with Gasteiger partial charge in [-0.15, -0.1) is 24.8 Å². The van der Waals surface area contributed by atoms with Crippen molar-refractivity contribution in [2.24, 2.45) is 0 Å². The molecule has 1 amide bonds. The zero-order valence-electron chi connectivity index (χ0n) is 16.5. The van der Waals surface area contributed by atoms with Gasteiger partial charge in [-0.2, -0.15) is 0 Å². The molecule has 2 aliphatic rings. The van der Waals surface area contributed by atoms with Crippen molar-refractivity contribution < 1.29 is 18.0 Å². The summed E-state index contributed by atoms with van der Waals surface area (Å²) in [5.74, 6) is -0.638. The number of oxazole rings is 1. The summed E-state index contributed by atoms with van der Waals surface area (Å²) in [5.41, 5.74) is 0.157. The van der Waals surface area contributed by atoms with Gasteiger partial charge in [0.15, 0.2) is 11.7 Å². The maximum Gasteiger partial charge on any atom is 0.223 e. The van der Waals surface area contributed by atoms with E-state index in [0.717, 1.165) is 51.8 Å². The molecule has 10 heteroatoms. The Morgan fingerprint density at radius 1 is 1.20 bits per heavy atom. The third-order valence-corrected chi connectivity index (χ3v) is 5.49. The highest BCUT2D eigenvalue weighted by Crippen LogP contribution is 2.25. The summed E-state index contributed by atoms with van der Waals surface area (Å²) >= 11 is 0. The molecular formula is C20H26Cl2F2N4O2. The number of nitrogens with zero attached hydrogens (tertiary/aromatic N) is 3. The number of hydrogen-bond acceptors (Lipinski definition) is 5. The largest absolute Gasteiger partial charge is 0.441 e. The second-order valence-electron chi connectivity index (χ2n) is 7.31. The molecule has 0 spiro atoms. The van der Waals surface area contributed by atoms with E-state index in [4.69, 9.17) is 4.42 Å². The lowest BCUT2D eigenvalue weighted by atomic mass is 10.2. The summed E-state index contributed by atoms with van der Waals surface area (Å²) in [6.45, 7) is 5.64. The van der Waals surface area contributed by atoms with Gasteiger partial charge in [-0.3, -0.25) is 9.69 Å². The van der Waals surface area contributed by atoms with Gasteiger partial charge in [0.1, 0.15) is 11.6 Å². The first-order valence-electron chi connectivity index (χ1n) is 9.73. The molecule has 166 valence electrons. The van der Waals surface area contributed by atoms with E-state index in [1.165, 1.54) is 18.3 Å². The standard InChI is InChI=1S/C20H24F2N4O2.2ClH/c21-14-1-2-16(17(22)11-14)18-12-24-19(28-18)3-4-20(27)26-8-5-15(13-26)25-9-6-23-7-10-25;;/h1-2,11-12,15,23H,3-10,13H2;2*1H. The minimum Gasteiger partial charge on any atom is -0.441 e. The Hall–Kier alpha value is -1.74. The predicted octanol–water partition coefficient (Wildman–Crippen LogP) is 2.90. The number of halogens is 4. The topological polar surface area (TPSA) is 61.6 Å². The lowest BCUT2D eigenvalue weighted by molar-refractivity contribution is -0.130.